The van der Waals surface area contributed by atoms with Crippen LogP contribution in [0.1, 0.15) is 5.56 Å². The minimum absolute atomic E-state index is 0.258. The molecule has 0 bridgehead atoms. The van der Waals surface area contributed by atoms with E-state index in [1.165, 1.54) is 11.8 Å². The van der Waals surface area contributed by atoms with Gasteiger partial charge < -0.3 is 4.74 Å². The van der Waals surface area contributed by atoms with Gasteiger partial charge in [-0.25, -0.2) is 4.39 Å². The third-order valence-corrected chi connectivity index (χ3v) is 1.84. The highest BCUT2D eigenvalue weighted by Gasteiger charge is 2.04. The first kappa shape index (κ1) is 9.39. The maximum Gasteiger partial charge on any atom is 0.168 e. The largest absolute Gasteiger partial charge is 0.480 e. The number of benzene rings is 1. The highest BCUT2D eigenvalue weighted by Crippen LogP contribution is 2.20. The summed E-state index contributed by atoms with van der Waals surface area (Å²) in [5, 5.41) is 0. The molecule has 0 aliphatic heterocycles. The lowest BCUT2D eigenvalue weighted by Crippen LogP contribution is -1.95. The molecule has 3 heteroatoms. The Bertz CT molecular complexity index is 263. The van der Waals surface area contributed by atoms with Crippen LogP contribution in [0.2, 0.25) is 0 Å². The molecule has 1 rings (SSSR count). The molecular formula is C9H11FOS. The van der Waals surface area contributed by atoms with E-state index in [9.17, 15) is 4.39 Å². The molecule has 1 aromatic carbocycles. The number of aryl methyl sites for hydroxylation is 1. The van der Waals surface area contributed by atoms with Gasteiger partial charge in [-0.2, -0.15) is 0 Å². The van der Waals surface area contributed by atoms with Gasteiger partial charge in [0.2, 0.25) is 0 Å². The molecule has 0 heterocycles. The zero-order valence-electron chi connectivity index (χ0n) is 7.13. The van der Waals surface area contributed by atoms with Crippen molar-refractivity contribution in [2.75, 3.05) is 12.2 Å². The van der Waals surface area contributed by atoms with Gasteiger partial charge in [0.05, 0.1) is 0 Å². The van der Waals surface area contributed by atoms with Gasteiger partial charge in [0.25, 0.3) is 0 Å². The van der Waals surface area contributed by atoms with E-state index in [1.807, 2.05) is 6.26 Å². The number of thioether (sulfide) groups is 1. The van der Waals surface area contributed by atoms with Crippen LogP contribution in [0.5, 0.6) is 5.75 Å². The first-order valence-corrected chi connectivity index (χ1v) is 5.02. The van der Waals surface area contributed by atoms with Gasteiger partial charge in [-0.3, -0.25) is 0 Å². The van der Waals surface area contributed by atoms with Crippen molar-refractivity contribution in [3.8, 4) is 5.75 Å². The van der Waals surface area contributed by atoms with E-state index < -0.39 is 0 Å². The van der Waals surface area contributed by atoms with Crippen molar-refractivity contribution < 1.29 is 9.13 Å². The fourth-order valence-electron chi connectivity index (χ4n) is 0.854. The highest BCUT2D eigenvalue weighted by molar-refractivity contribution is 7.98. The zero-order valence-corrected chi connectivity index (χ0v) is 7.95. The molecule has 0 unspecified atom stereocenters. The van der Waals surface area contributed by atoms with Crippen LogP contribution >= 0.6 is 11.8 Å². The monoisotopic (exact) mass is 186 g/mol. The molecule has 0 saturated heterocycles. The molecule has 66 valence electrons. The third kappa shape index (κ3) is 2.14. The Labute approximate surface area is 75.9 Å². The Hall–Kier alpha value is -0.700. The van der Waals surface area contributed by atoms with Crippen LogP contribution in [0.3, 0.4) is 0 Å². The SMILES string of the molecule is CSCOc1cccc(C)c1F. The average Bonchev–Trinajstić information content (AvgIpc) is 2.08. The molecule has 0 radical (unpaired) electrons. The minimum atomic E-state index is -0.258. The second-order valence-electron chi connectivity index (χ2n) is 2.44. The van der Waals surface area contributed by atoms with Crippen LogP contribution < -0.4 is 4.74 Å². The van der Waals surface area contributed by atoms with Crippen molar-refractivity contribution >= 4 is 11.8 Å². The van der Waals surface area contributed by atoms with E-state index >= 15 is 0 Å². The smallest absolute Gasteiger partial charge is 0.168 e. The molecule has 0 aliphatic carbocycles. The molecule has 0 saturated carbocycles. The summed E-state index contributed by atoms with van der Waals surface area (Å²) in [4.78, 5) is 0. The fraction of sp³-hybridized carbons (Fsp3) is 0.333. The number of ether oxygens (including phenoxy) is 1. The summed E-state index contributed by atoms with van der Waals surface area (Å²) in [6.45, 7) is 1.72. The topological polar surface area (TPSA) is 9.23 Å². The Morgan fingerprint density at radius 3 is 2.92 bits per heavy atom. The Morgan fingerprint density at radius 1 is 1.50 bits per heavy atom. The van der Waals surface area contributed by atoms with Gasteiger partial charge in [0, 0.05) is 0 Å². The van der Waals surface area contributed by atoms with Gasteiger partial charge in [0.15, 0.2) is 11.6 Å². The van der Waals surface area contributed by atoms with Crippen LogP contribution in [0.4, 0.5) is 4.39 Å². The van der Waals surface area contributed by atoms with Gasteiger partial charge in [-0.05, 0) is 24.8 Å². The van der Waals surface area contributed by atoms with Crippen LogP contribution in [0.15, 0.2) is 18.2 Å². The lowest BCUT2D eigenvalue weighted by atomic mass is 10.2. The van der Waals surface area contributed by atoms with Crippen LogP contribution in [0.25, 0.3) is 0 Å². The number of halogens is 1. The summed E-state index contributed by atoms with van der Waals surface area (Å²) in [6, 6.07) is 5.15. The molecule has 0 aromatic heterocycles. The van der Waals surface area contributed by atoms with Gasteiger partial charge in [-0.15, -0.1) is 11.8 Å². The lowest BCUT2D eigenvalue weighted by Gasteiger charge is -2.06. The quantitative estimate of drug-likeness (QED) is 0.671. The molecule has 0 aliphatic rings. The zero-order chi connectivity index (χ0) is 8.97. The molecule has 0 atom stereocenters. The standard InChI is InChI=1S/C9H11FOS/c1-7-4-3-5-8(9(7)10)11-6-12-2/h3-5H,6H2,1-2H3. The van der Waals surface area contributed by atoms with Crippen LogP contribution in [-0.4, -0.2) is 12.2 Å². The second kappa shape index (κ2) is 4.36. The van der Waals surface area contributed by atoms with E-state index in [4.69, 9.17) is 4.74 Å². The molecule has 0 fully saturated rings. The van der Waals surface area contributed by atoms with Crippen molar-refractivity contribution in [1.82, 2.24) is 0 Å². The second-order valence-corrected chi connectivity index (χ2v) is 3.25. The van der Waals surface area contributed by atoms with E-state index in [0.29, 0.717) is 17.3 Å². The van der Waals surface area contributed by atoms with Crippen LogP contribution in [-0.2, 0) is 0 Å². The maximum atomic E-state index is 13.2. The van der Waals surface area contributed by atoms with E-state index in [0.717, 1.165) is 0 Å². The summed E-state index contributed by atoms with van der Waals surface area (Å²) in [7, 11) is 0. The summed E-state index contributed by atoms with van der Waals surface area (Å²) >= 11 is 1.52. The molecule has 1 nitrogen and oxygen atoms in total. The highest BCUT2D eigenvalue weighted by atomic mass is 32.2. The van der Waals surface area contributed by atoms with Gasteiger partial charge in [0.1, 0.15) is 5.94 Å². The van der Waals surface area contributed by atoms with Crippen molar-refractivity contribution in [1.29, 1.82) is 0 Å². The number of hydrogen-bond donors (Lipinski definition) is 0. The Kier molecular flexibility index (Phi) is 3.41. The summed E-state index contributed by atoms with van der Waals surface area (Å²) in [5.41, 5.74) is 0.619. The Balaban J connectivity index is 2.78. The Morgan fingerprint density at radius 2 is 2.25 bits per heavy atom. The van der Waals surface area contributed by atoms with Gasteiger partial charge >= 0.3 is 0 Å². The van der Waals surface area contributed by atoms with Crippen molar-refractivity contribution in [2.45, 2.75) is 6.92 Å². The molecule has 0 N–H and O–H groups in total. The number of hydrogen-bond acceptors (Lipinski definition) is 2. The predicted octanol–water partition coefficient (Wildman–Crippen LogP) is 2.83. The normalized spacial score (nSPS) is 9.92. The molecule has 1 aromatic rings. The average molecular weight is 186 g/mol. The molecule has 12 heavy (non-hydrogen) atoms. The van der Waals surface area contributed by atoms with Crippen molar-refractivity contribution in [3.05, 3.63) is 29.6 Å². The first-order chi connectivity index (χ1) is 5.75. The van der Waals surface area contributed by atoms with Crippen molar-refractivity contribution in [3.63, 3.8) is 0 Å². The van der Waals surface area contributed by atoms with Gasteiger partial charge in [-0.1, -0.05) is 12.1 Å². The lowest BCUT2D eigenvalue weighted by molar-refractivity contribution is 0.367. The minimum Gasteiger partial charge on any atom is -0.480 e. The number of rotatable bonds is 3. The predicted molar refractivity (Wildman–Crippen MR) is 50.1 cm³/mol. The summed E-state index contributed by atoms with van der Waals surface area (Å²) < 4.78 is 18.3. The molecule has 0 spiro atoms. The van der Waals surface area contributed by atoms with E-state index in [1.54, 1.807) is 25.1 Å². The maximum absolute atomic E-state index is 13.2. The van der Waals surface area contributed by atoms with Crippen molar-refractivity contribution in [2.24, 2.45) is 0 Å². The molecule has 0 amide bonds. The summed E-state index contributed by atoms with van der Waals surface area (Å²) in [5.74, 6) is 0.566. The van der Waals surface area contributed by atoms with Crippen LogP contribution in [0, 0.1) is 12.7 Å². The molecular weight excluding hydrogens is 175 g/mol. The summed E-state index contributed by atoms with van der Waals surface area (Å²) in [6.07, 6.45) is 1.91. The fourth-order valence-corrected chi connectivity index (χ4v) is 1.10. The van der Waals surface area contributed by atoms with E-state index in [2.05, 4.69) is 0 Å². The first-order valence-electron chi connectivity index (χ1n) is 3.62. The third-order valence-electron chi connectivity index (χ3n) is 1.49. The van der Waals surface area contributed by atoms with E-state index in [-0.39, 0.29) is 5.82 Å².